The van der Waals surface area contributed by atoms with E-state index in [9.17, 15) is 13.2 Å². The molecule has 0 unspecified atom stereocenters. The summed E-state index contributed by atoms with van der Waals surface area (Å²) in [7, 11) is -2.26. The maximum atomic E-state index is 12.7. The van der Waals surface area contributed by atoms with Crippen molar-refractivity contribution in [3.63, 3.8) is 0 Å². The van der Waals surface area contributed by atoms with E-state index < -0.39 is 10.0 Å². The lowest BCUT2D eigenvalue weighted by Gasteiger charge is -2.19. The highest BCUT2D eigenvalue weighted by Gasteiger charge is 2.21. The van der Waals surface area contributed by atoms with Crippen LogP contribution in [0.4, 0.5) is 11.4 Å². The number of aryl methyl sites for hydroxylation is 1. The number of anilines is 2. The number of nitrogens with one attached hydrogen (secondary N) is 1. The normalized spacial score (nSPS) is 11.1. The molecule has 0 aliphatic carbocycles. The third-order valence-corrected chi connectivity index (χ3v) is 6.33. The van der Waals surface area contributed by atoms with E-state index in [-0.39, 0.29) is 10.8 Å². The lowest BCUT2D eigenvalue weighted by atomic mass is 10.2. The molecule has 3 rings (SSSR count). The molecule has 0 saturated carbocycles. The fraction of sp³-hybridized carbons (Fsp3) is 0.0952. The van der Waals surface area contributed by atoms with Crippen molar-refractivity contribution in [1.82, 2.24) is 0 Å². The smallest absolute Gasteiger partial charge is 0.264 e. The highest BCUT2D eigenvalue weighted by Crippen LogP contribution is 2.24. The van der Waals surface area contributed by atoms with Gasteiger partial charge in [0, 0.05) is 23.3 Å². The van der Waals surface area contributed by atoms with Gasteiger partial charge in [0.2, 0.25) is 0 Å². The van der Waals surface area contributed by atoms with Crippen molar-refractivity contribution in [2.45, 2.75) is 11.8 Å². The number of carbonyl (C=O) groups excluding carboxylic acids is 1. The van der Waals surface area contributed by atoms with Crippen LogP contribution in [-0.4, -0.2) is 21.4 Å². The molecule has 0 aromatic heterocycles. The zero-order valence-corrected chi connectivity index (χ0v) is 17.0. The Balaban J connectivity index is 1.76. The zero-order chi connectivity index (χ0) is 20.3. The Morgan fingerprint density at radius 1 is 0.893 bits per heavy atom. The van der Waals surface area contributed by atoms with E-state index in [1.165, 1.54) is 31.3 Å². The molecule has 3 aromatic rings. The topological polar surface area (TPSA) is 66.5 Å². The Bertz CT molecular complexity index is 1080. The molecule has 0 heterocycles. The van der Waals surface area contributed by atoms with Crippen LogP contribution in [0.25, 0.3) is 0 Å². The Hall–Kier alpha value is -2.83. The number of halogens is 1. The molecule has 0 radical (unpaired) electrons. The molecule has 0 atom stereocenters. The number of sulfonamides is 1. The van der Waals surface area contributed by atoms with Crippen LogP contribution in [-0.2, 0) is 10.0 Å². The van der Waals surface area contributed by atoms with Crippen LogP contribution in [0.3, 0.4) is 0 Å². The van der Waals surface area contributed by atoms with Gasteiger partial charge in [-0.1, -0.05) is 29.3 Å². The minimum atomic E-state index is -3.72. The molecule has 144 valence electrons. The van der Waals surface area contributed by atoms with E-state index in [0.29, 0.717) is 22.0 Å². The Kier molecular flexibility index (Phi) is 5.72. The predicted molar refractivity (Wildman–Crippen MR) is 113 cm³/mol. The molecule has 0 bridgehead atoms. The molecule has 0 spiro atoms. The van der Waals surface area contributed by atoms with E-state index in [4.69, 9.17) is 11.6 Å². The number of rotatable bonds is 5. The minimum absolute atomic E-state index is 0.139. The number of hydrogen-bond acceptors (Lipinski definition) is 3. The van der Waals surface area contributed by atoms with E-state index in [1.807, 2.05) is 31.2 Å². The van der Waals surface area contributed by atoms with Crippen LogP contribution >= 0.6 is 11.6 Å². The minimum Gasteiger partial charge on any atom is -0.322 e. The zero-order valence-electron chi connectivity index (χ0n) is 15.4. The van der Waals surface area contributed by atoms with E-state index in [2.05, 4.69) is 5.32 Å². The summed E-state index contributed by atoms with van der Waals surface area (Å²) in [6.45, 7) is 1.97. The second-order valence-corrected chi connectivity index (χ2v) is 8.70. The van der Waals surface area contributed by atoms with Gasteiger partial charge in [0.1, 0.15) is 0 Å². The van der Waals surface area contributed by atoms with Gasteiger partial charge >= 0.3 is 0 Å². The SMILES string of the molecule is Cc1ccc(NC(=O)c2ccc(N(C)S(=O)(=O)c3ccc(Cl)cc3)cc2)cc1. The molecule has 0 saturated heterocycles. The van der Waals surface area contributed by atoms with Gasteiger partial charge in [0.15, 0.2) is 0 Å². The standard InChI is InChI=1S/C21H19ClN2O3S/c1-15-3-9-18(10-4-15)23-21(25)16-5-11-19(12-6-16)24(2)28(26,27)20-13-7-17(22)8-14-20/h3-14H,1-2H3,(H,23,25). The van der Waals surface area contributed by atoms with Gasteiger partial charge in [-0.2, -0.15) is 0 Å². The van der Waals surface area contributed by atoms with Gasteiger partial charge in [-0.3, -0.25) is 9.10 Å². The van der Waals surface area contributed by atoms with E-state index in [1.54, 1.807) is 24.3 Å². The third kappa shape index (κ3) is 4.35. The highest BCUT2D eigenvalue weighted by molar-refractivity contribution is 7.92. The van der Waals surface area contributed by atoms with Gasteiger partial charge in [0.05, 0.1) is 10.6 Å². The summed E-state index contributed by atoms with van der Waals surface area (Å²) in [6.07, 6.45) is 0. The first-order chi connectivity index (χ1) is 13.3. The molecule has 3 aromatic carbocycles. The molecule has 28 heavy (non-hydrogen) atoms. The van der Waals surface area contributed by atoms with Gasteiger partial charge < -0.3 is 5.32 Å². The third-order valence-electron chi connectivity index (χ3n) is 4.27. The molecule has 0 fully saturated rings. The predicted octanol–water partition coefficient (Wildman–Crippen LogP) is 4.73. The van der Waals surface area contributed by atoms with Gasteiger partial charge in [-0.25, -0.2) is 8.42 Å². The summed E-state index contributed by atoms with van der Waals surface area (Å²) in [5, 5.41) is 3.28. The Morgan fingerprint density at radius 2 is 1.46 bits per heavy atom. The number of carbonyl (C=O) groups is 1. The Labute approximate surface area is 169 Å². The first kappa shape index (κ1) is 19.9. The summed E-state index contributed by atoms with van der Waals surface area (Å²) >= 11 is 5.82. The second-order valence-electron chi connectivity index (χ2n) is 6.29. The first-order valence-corrected chi connectivity index (χ1v) is 10.3. The van der Waals surface area contributed by atoms with E-state index >= 15 is 0 Å². The summed E-state index contributed by atoms with van der Waals surface area (Å²) in [4.78, 5) is 12.5. The van der Waals surface area contributed by atoms with Gasteiger partial charge in [-0.15, -0.1) is 0 Å². The van der Waals surface area contributed by atoms with E-state index in [0.717, 1.165) is 9.87 Å². The summed E-state index contributed by atoms with van der Waals surface area (Å²) in [6, 6.07) is 19.8. The van der Waals surface area contributed by atoms with Crippen molar-refractivity contribution in [1.29, 1.82) is 0 Å². The molecule has 7 heteroatoms. The van der Waals surface area contributed by atoms with Crippen molar-refractivity contribution in [2.24, 2.45) is 0 Å². The summed E-state index contributed by atoms with van der Waals surface area (Å²) in [5.74, 6) is -0.265. The molecule has 1 N–H and O–H groups in total. The van der Waals surface area contributed by atoms with Crippen LogP contribution in [0.2, 0.25) is 5.02 Å². The molecule has 1 amide bonds. The highest BCUT2D eigenvalue weighted by atomic mass is 35.5. The average molecular weight is 415 g/mol. The summed E-state index contributed by atoms with van der Waals surface area (Å²) in [5.41, 5.74) is 2.68. The maximum absolute atomic E-state index is 12.7. The van der Waals surface area contributed by atoms with Crippen molar-refractivity contribution in [3.05, 3.63) is 88.9 Å². The van der Waals surface area contributed by atoms with Crippen LogP contribution < -0.4 is 9.62 Å². The lowest BCUT2D eigenvalue weighted by Crippen LogP contribution is -2.26. The molecular weight excluding hydrogens is 396 g/mol. The molecule has 0 aliphatic rings. The van der Waals surface area contributed by atoms with Crippen molar-refractivity contribution < 1.29 is 13.2 Å². The quantitative estimate of drug-likeness (QED) is 0.656. The van der Waals surface area contributed by atoms with Gasteiger partial charge in [-0.05, 0) is 67.6 Å². The first-order valence-electron chi connectivity index (χ1n) is 8.50. The second kappa shape index (κ2) is 8.04. The fourth-order valence-electron chi connectivity index (χ4n) is 2.57. The number of amides is 1. The monoisotopic (exact) mass is 414 g/mol. The fourth-order valence-corrected chi connectivity index (χ4v) is 3.89. The number of hydrogen-bond donors (Lipinski definition) is 1. The molecular formula is C21H19ClN2O3S. The lowest BCUT2D eigenvalue weighted by molar-refractivity contribution is 0.102. The average Bonchev–Trinajstić information content (AvgIpc) is 2.69. The van der Waals surface area contributed by atoms with Crippen molar-refractivity contribution >= 4 is 38.9 Å². The van der Waals surface area contributed by atoms with Crippen molar-refractivity contribution in [2.75, 3.05) is 16.7 Å². The maximum Gasteiger partial charge on any atom is 0.264 e. The molecule has 5 nitrogen and oxygen atoms in total. The number of nitrogens with zero attached hydrogens (tertiary/aromatic N) is 1. The van der Waals surface area contributed by atoms with Crippen LogP contribution in [0.15, 0.2) is 77.7 Å². The van der Waals surface area contributed by atoms with Crippen LogP contribution in [0, 0.1) is 6.92 Å². The largest absolute Gasteiger partial charge is 0.322 e. The van der Waals surface area contributed by atoms with Crippen molar-refractivity contribution in [3.8, 4) is 0 Å². The van der Waals surface area contributed by atoms with Crippen LogP contribution in [0.5, 0.6) is 0 Å². The van der Waals surface area contributed by atoms with Gasteiger partial charge in [0.25, 0.3) is 15.9 Å². The number of benzene rings is 3. The summed E-state index contributed by atoms with van der Waals surface area (Å²) < 4.78 is 26.6. The molecule has 0 aliphatic heterocycles. The Morgan fingerprint density at radius 3 is 2.04 bits per heavy atom. The van der Waals surface area contributed by atoms with Crippen LogP contribution in [0.1, 0.15) is 15.9 Å².